The Morgan fingerprint density at radius 3 is 1.82 bits per heavy atom. The molecule has 2 aromatic rings. The Morgan fingerprint density at radius 1 is 0.676 bits per heavy atom. The van der Waals surface area contributed by atoms with Crippen molar-refractivity contribution in [1.82, 2.24) is 0 Å². The second-order valence-corrected chi connectivity index (χ2v) is 9.54. The van der Waals surface area contributed by atoms with Crippen molar-refractivity contribution in [3.63, 3.8) is 0 Å². The van der Waals surface area contributed by atoms with Gasteiger partial charge in [-0.25, -0.2) is 13.2 Å². The highest BCUT2D eigenvalue weighted by Crippen LogP contribution is 2.40. The number of benzene rings is 2. The number of halogens is 4. The SMILES string of the molecule is COc1ccc(C2CCC(/C=C/c3ccc(C4CCC(OC)CC4)c(F)c3F)CC2)c(F)c1F. The maximum absolute atomic E-state index is 14.8. The molecule has 0 bridgehead atoms. The van der Waals surface area contributed by atoms with E-state index in [4.69, 9.17) is 9.47 Å². The van der Waals surface area contributed by atoms with Gasteiger partial charge >= 0.3 is 0 Å². The smallest absolute Gasteiger partial charge is 0.200 e. The van der Waals surface area contributed by atoms with Gasteiger partial charge in [-0.15, -0.1) is 0 Å². The van der Waals surface area contributed by atoms with Gasteiger partial charge in [0.25, 0.3) is 0 Å². The lowest BCUT2D eigenvalue weighted by Gasteiger charge is -2.28. The molecule has 0 spiro atoms. The van der Waals surface area contributed by atoms with Crippen molar-refractivity contribution in [2.75, 3.05) is 14.2 Å². The third kappa shape index (κ3) is 5.17. The maximum atomic E-state index is 14.8. The standard InChI is InChI=1S/C28H32F4O2/c1-33-21-12-9-19(10-13-21)22-14-11-20(25(29)26(22)30)8-5-17-3-6-18(7-4-17)23-15-16-24(34-2)28(32)27(23)31/h5,8,11,14-19,21H,3-4,6-7,9-10,12-13H2,1-2H3/b8-5+. The first-order valence-corrected chi connectivity index (χ1v) is 12.1. The van der Waals surface area contributed by atoms with Crippen molar-refractivity contribution in [3.8, 4) is 5.75 Å². The first-order chi connectivity index (χ1) is 16.4. The van der Waals surface area contributed by atoms with Crippen molar-refractivity contribution < 1.29 is 27.0 Å². The molecule has 0 saturated heterocycles. The lowest BCUT2D eigenvalue weighted by atomic mass is 9.78. The summed E-state index contributed by atoms with van der Waals surface area (Å²) >= 11 is 0. The Hall–Kier alpha value is -2.34. The van der Waals surface area contributed by atoms with Crippen LogP contribution < -0.4 is 4.74 Å². The topological polar surface area (TPSA) is 18.5 Å². The Morgan fingerprint density at radius 2 is 1.24 bits per heavy atom. The van der Waals surface area contributed by atoms with E-state index in [1.807, 2.05) is 6.08 Å². The Kier molecular flexibility index (Phi) is 7.97. The summed E-state index contributed by atoms with van der Waals surface area (Å²) in [5, 5.41) is 0. The molecule has 0 atom stereocenters. The fraction of sp³-hybridized carbons (Fsp3) is 0.500. The Balaban J connectivity index is 1.38. The van der Waals surface area contributed by atoms with Crippen molar-refractivity contribution >= 4 is 6.08 Å². The fourth-order valence-corrected chi connectivity index (χ4v) is 5.51. The molecule has 0 amide bonds. The van der Waals surface area contributed by atoms with E-state index in [-0.39, 0.29) is 35.2 Å². The van der Waals surface area contributed by atoms with Gasteiger partial charge in [0.05, 0.1) is 13.2 Å². The molecule has 0 radical (unpaired) electrons. The molecule has 0 aromatic heterocycles. The van der Waals surface area contributed by atoms with Crippen LogP contribution >= 0.6 is 0 Å². The van der Waals surface area contributed by atoms with Gasteiger partial charge in [-0.05, 0) is 86.3 Å². The van der Waals surface area contributed by atoms with Crippen LogP contribution in [-0.2, 0) is 4.74 Å². The third-order valence-corrected chi connectivity index (χ3v) is 7.65. The zero-order chi connectivity index (χ0) is 24.2. The van der Waals surface area contributed by atoms with Crippen LogP contribution in [0.3, 0.4) is 0 Å². The van der Waals surface area contributed by atoms with Crippen LogP contribution in [-0.4, -0.2) is 20.3 Å². The van der Waals surface area contributed by atoms with E-state index >= 15 is 0 Å². The highest BCUT2D eigenvalue weighted by Gasteiger charge is 2.27. The van der Waals surface area contributed by atoms with Gasteiger partial charge in [-0.3, -0.25) is 0 Å². The molecular formula is C28H32F4O2. The molecule has 2 aliphatic carbocycles. The van der Waals surface area contributed by atoms with Gasteiger partial charge in [0.1, 0.15) is 0 Å². The molecule has 34 heavy (non-hydrogen) atoms. The van der Waals surface area contributed by atoms with E-state index in [9.17, 15) is 17.6 Å². The van der Waals surface area contributed by atoms with Crippen LogP contribution in [0.15, 0.2) is 30.3 Å². The highest BCUT2D eigenvalue weighted by molar-refractivity contribution is 5.52. The summed E-state index contributed by atoms with van der Waals surface area (Å²) in [5.74, 6) is -3.28. The number of allylic oxidation sites excluding steroid dienone is 1. The van der Waals surface area contributed by atoms with Crippen LogP contribution in [0.2, 0.25) is 0 Å². The summed E-state index contributed by atoms with van der Waals surface area (Å²) in [6.07, 6.45) is 10.1. The number of methoxy groups -OCH3 is 2. The summed E-state index contributed by atoms with van der Waals surface area (Å²) in [6.45, 7) is 0. The van der Waals surface area contributed by atoms with Crippen molar-refractivity contribution in [3.05, 3.63) is 70.3 Å². The molecule has 2 fully saturated rings. The monoisotopic (exact) mass is 476 g/mol. The number of ether oxygens (including phenoxy) is 2. The van der Waals surface area contributed by atoms with E-state index < -0.39 is 23.3 Å². The summed E-state index contributed by atoms with van der Waals surface area (Å²) in [7, 11) is 3.00. The summed E-state index contributed by atoms with van der Waals surface area (Å²) < 4.78 is 68.4. The molecule has 4 rings (SSSR count). The van der Waals surface area contributed by atoms with E-state index in [2.05, 4.69) is 0 Å². The zero-order valence-electron chi connectivity index (χ0n) is 19.8. The van der Waals surface area contributed by atoms with Gasteiger partial charge in [-0.2, -0.15) is 4.39 Å². The molecule has 2 aliphatic rings. The van der Waals surface area contributed by atoms with Gasteiger partial charge in [0, 0.05) is 12.7 Å². The molecule has 0 unspecified atom stereocenters. The molecule has 0 heterocycles. The van der Waals surface area contributed by atoms with Crippen molar-refractivity contribution in [2.24, 2.45) is 5.92 Å². The first kappa shape index (κ1) is 24.8. The molecular weight excluding hydrogens is 444 g/mol. The summed E-state index contributed by atoms with van der Waals surface area (Å²) in [5.41, 5.74) is 1.08. The quantitative estimate of drug-likeness (QED) is 0.395. The lowest BCUT2D eigenvalue weighted by Crippen LogP contribution is -2.20. The van der Waals surface area contributed by atoms with E-state index in [0.29, 0.717) is 24.0 Å². The van der Waals surface area contributed by atoms with Crippen molar-refractivity contribution in [1.29, 1.82) is 0 Å². The van der Waals surface area contributed by atoms with Crippen LogP contribution in [0.1, 0.15) is 79.9 Å². The highest BCUT2D eigenvalue weighted by atomic mass is 19.2. The minimum Gasteiger partial charge on any atom is -0.494 e. The molecule has 2 nitrogen and oxygen atoms in total. The van der Waals surface area contributed by atoms with Gasteiger partial charge in [-0.1, -0.05) is 30.4 Å². The van der Waals surface area contributed by atoms with Crippen LogP contribution in [0.5, 0.6) is 5.75 Å². The van der Waals surface area contributed by atoms with Gasteiger partial charge < -0.3 is 9.47 Å². The Labute approximate surface area is 199 Å². The predicted molar refractivity (Wildman–Crippen MR) is 125 cm³/mol. The zero-order valence-corrected chi connectivity index (χ0v) is 19.8. The second-order valence-electron chi connectivity index (χ2n) is 9.54. The first-order valence-electron chi connectivity index (χ1n) is 12.1. The number of hydrogen-bond donors (Lipinski definition) is 0. The van der Waals surface area contributed by atoms with Crippen LogP contribution in [0, 0.1) is 29.2 Å². The average Bonchev–Trinajstić information content (AvgIpc) is 2.87. The molecule has 184 valence electrons. The maximum Gasteiger partial charge on any atom is 0.200 e. The minimum absolute atomic E-state index is 0.0254. The molecule has 0 N–H and O–H groups in total. The molecule has 6 heteroatoms. The van der Waals surface area contributed by atoms with Crippen molar-refractivity contribution in [2.45, 2.75) is 69.3 Å². The lowest BCUT2D eigenvalue weighted by molar-refractivity contribution is 0.0655. The fourth-order valence-electron chi connectivity index (χ4n) is 5.51. The molecule has 2 aromatic carbocycles. The van der Waals surface area contributed by atoms with Crippen LogP contribution in [0.4, 0.5) is 17.6 Å². The normalized spacial score (nSPS) is 25.6. The third-order valence-electron chi connectivity index (χ3n) is 7.65. The number of rotatable bonds is 6. The summed E-state index contributed by atoms with van der Waals surface area (Å²) in [6, 6.07) is 6.44. The predicted octanol–water partition coefficient (Wildman–Crippen LogP) is 7.91. The van der Waals surface area contributed by atoms with E-state index in [1.165, 1.54) is 13.2 Å². The average molecular weight is 477 g/mol. The minimum atomic E-state index is -0.949. The van der Waals surface area contributed by atoms with E-state index in [0.717, 1.165) is 38.5 Å². The largest absolute Gasteiger partial charge is 0.494 e. The van der Waals surface area contributed by atoms with Crippen LogP contribution in [0.25, 0.3) is 6.08 Å². The Bertz CT molecular complexity index is 1020. The second kappa shape index (κ2) is 10.9. The van der Waals surface area contributed by atoms with Gasteiger partial charge in [0.15, 0.2) is 23.2 Å². The van der Waals surface area contributed by atoms with Gasteiger partial charge in [0.2, 0.25) is 5.82 Å². The summed E-state index contributed by atoms with van der Waals surface area (Å²) in [4.78, 5) is 0. The molecule has 0 aliphatic heterocycles. The molecule has 2 saturated carbocycles. The van der Waals surface area contributed by atoms with E-state index in [1.54, 1.807) is 31.4 Å². The number of hydrogen-bond acceptors (Lipinski definition) is 2.